The molecule has 0 spiro atoms. The Hall–Kier alpha value is -2.86. The lowest BCUT2D eigenvalue weighted by Crippen LogP contribution is -2.16. The third-order valence-corrected chi connectivity index (χ3v) is 5.48. The molecule has 0 radical (unpaired) electrons. The standard InChI is InChI=1S/C24H24BrNO4/c1-24(2,3)18-13-17(19(23(27)28)20(25)21(18)29-4)16-11-8-12-26-22(16)30-14-15-9-6-5-7-10-15/h5-13H,14H2,1-4H3,(H,27,28). The lowest BCUT2D eigenvalue weighted by molar-refractivity contribution is 0.0696. The van der Waals surface area contributed by atoms with Gasteiger partial charge in [0.15, 0.2) is 0 Å². The van der Waals surface area contributed by atoms with E-state index in [0.717, 1.165) is 11.1 Å². The van der Waals surface area contributed by atoms with Crippen molar-refractivity contribution in [2.45, 2.75) is 32.8 Å². The monoisotopic (exact) mass is 469 g/mol. The normalized spacial score (nSPS) is 11.2. The van der Waals surface area contributed by atoms with E-state index in [4.69, 9.17) is 9.47 Å². The molecule has 3 aromatic rings. The van der Waals surface area contributed by atoms with E-state index in [1.165, 1.54) is 0 Å². The van der Waals surface area contributed by atoms with E-state index in [2.05, 4.69) is 41.7 Å². The number of halogens is 1. The van der Waals surface area contributed by atoms with Crippen molar-refractivity contribution in [1.82, 2.24) is 4.98 Å². The van der Waals surface area contributed by atoms with Crippen LogP contribution in [0.5, 0.6) is 11.6 Å². The molecule has 156 valence electrons. The summed E-state index contributed by atoms with van der Waals surface area (Å²) in [6.45, 7) is 6.49. The zero-order chi connectivity index (χ0) is 21.9. The number of carboxylic acid groups (broad SMARTS) is 1. The van der Waals surface area contributed by atoms with Crippen LogP contribution >= 0.6 is 15.9 Å². The molecule has 6 heteroatoms. The predicted molar refractivity (Wildman–Crippen MR) is 120 cm³/mol. The van der Waals surface area contributed by atoms with Gasteiger partial charge in [0.1, 0.15) is 12.4 Å². The van der Waals surface area contributed by atoms with E-state index in [-0.39, 0.29) is 11.0 Å². The number of pyridine rings is 1. The van der Waals surface area contributed by atoms with Gasteiger partial charge in [0, 0.05) is 22.9 Å². The van der Waals surface area contributed by atoms with E-state index in [1.807, 2.05) is 42.5 Å². The van der Waals surface area contributed by atoms with Crippen LogP contribution in [0.1, 0.15) is 42.3 Å². The minimum atomic E-state index is -1.06. The zero-order valence-electron chi connectivity index (χ0n) is 17.4. The largest absolute Gasteiger partial charge is 0.495 e. The average molecular weight is 470 g/mol. The van der Waals surface area contributed by atoms with Gasteiger partial charge in [-0.1, -0.05) is 51.1 Å². The smallest absolute Gasteiger partial charge is 0.337 e. The Kier molecular flexibility index (Phi) is 6.46. The summed E-state index contributed by atoms with van der Waals surface area (Å²) in [6.07, 6.45) is 1.63. The van der Waals surface area contributed by atoms with Gasteiger partial charge in [0.2, 0.25) is 5.88 Å². The van der Waals surface area contributed by atoms with E-state index < -0.39 is 5.97 Å². The van der Waals surface area contributed by atoms with Crippen LogP contribution in [-0.2, 0) is 12.0 Å². The number of carboxylic acids is 1. The van der Waals surface area contributed by atoms with Crippen LogP contribution in [0.2, 0.25) is 0 Å². The lowest BCUT2D eigenvalue weighted by atomic mass is 9.83. The van der Waals surface area contributed by atoms with Gasteiger partial charge in [-0.25, -0.2) is 9.78 Å². The Bertz CT molecular complexity index is 1060. The van der Waals surface area contributed by atoms with E-state index in [0.29, 0.717) is 33.8 Å². The van der Waals surface area contributed by atoms with Crippen LogP contribution in [0.4, 0.5) is 0 Å². The zero-order valence-corrected chi connectivity index (χ0v) is 19.0. The van der Waals surface area contributed by atoms with Gasteiger partial charge in [0.05, 0.1) is 17.1 Å². The number of carbonyl (C=O) groups is 1. The van der Waals surface area contributed by atoms with Crippen LogP contribution in [0.25, 0.3) is 11.1 Å². The molecule has 1 aromatic heterocycles. The maximum absolute atomic E-state index is 12.2. The van der Waals surface area contributed by atoms with Crippen LogP contribution in [-0.4, -0.2) is 23.2 Å². The van der Waals surface area contributed by atoms with E-state index in [1.54, 1.807) is 19.4 Å². The fraction of sp³-hybridized carbons (Fsp3) is 0.250. The highest BCUT2D eigenvalue weighted by Gasteiger charge is 2.29. The first kappa shape index (κ1) is 21.8. The van der Waals surface area contributed by atoms with Crippen molar-refractivity contribution in [2.75, 3.05) is 7.11 Å². The van der Waals surface area contributed by atoms with Gasteiger partial charge in [0.25, 0.3) is 0 Å². The van der Waals surface area contributed by atoms with Gasteiger partial charge in [-0.15, -0.1) is 0 Å². The quantitative estimate of drug-likeness (QED) is 0.472. The van der Waals surface area contributed by atoms with E-state index >= 15 is 0 Å². The maximum Gasteiger partial charge on any atom is 0.337 e. The van der Waals surface area contributed by atoms with Crippen LogP contribution < -0.4 is 9.47 Å². The average Bonchev–Trinajstić information content (AvgIpc) is 2.71. The second-order valence-electron chi connectivity index (χ2n) is 7.88. The number of aromatic carboxylic acids is 1. The fourth-order valence-corrected chi connectivity index (χ4v) is 4.01. The summed E-state index contributed by atoms with van der Waals surface area (Å²) >= 11 is 3.47. The molecule has 1 N–H and O–H groups in total. The molecule has 5 nitrogen and oxygen atoms in total. The van der Waals surface area contributed by atoms with Crippen molar-refractivity contribution < 1.29 is 19.4 Å². The van der Waals surface area contributed by atoms with Gasteiger partial charge in [-0.05, 0) is 45.1 Å². The molecule has 0 saturated heterocycles. The van der Waals surface area contributed by atoms with Crippen LogP contribution in [0, 0.1) is 0 Å². The maximum atomic E-state index is 12.2. The third kappa shape index (κ3) is 4.49. The van der Waals surface area contributed by atoms with Crippen LogP contribution in [0.3, 0.4) is 0 Å². The molecule has 0 saturated carbocycles. The van der Waals surface area contributed by atoms with Crippen molar-refractivity contribution >= 4 is 21.9 Å². The van der Waals surface area contributed by atoms with E-state index in [9.17, 15) is 9.90 Å². The van der Waals surface area contributed by atoms with Crippen LogP contribution in [0.15, 0.2) is 59.2 Å². The summed E-state index contributed by atoms with van der Waals surface area (Å²) < 4.78 is 11.9. The number of aromatic nitrogens is 1. The molecular weight excluding hydrogens is 446 g/mol. The minimum absolute atomic E-state index is 0.109. The lowest BCUT2D eigenvalue weighted by Gasteiger charge is -2.25. The number of rotatable bonds is 6. The summed E-state index contributed by atoms with van der Waals surface area (Å²) in [5.74, 6) is -0.173. The Labute approximate surface area is 184 Å². The second-order valence-corrected chi connectivity index (χ2v) is 8.67. The Balaban J connectivity index is 2.18. The number of nitrogens with zero attached hydrogens (tertiary/aromatic N) is 1. The Morgan fingerprint density at radius 2 is 1.80 bits per heavy atom. The molecule has 0 aliphatic carbocycles. The first-order chi connectivity index (χ1) is 14.2. The molecule has 0 atom stereocenters. The van der Waals surface area contributed by atoms with Gasteiger partial charge in [-0.2, -0.15) is 0 Å². The highest BCUT2D eigenvalue weighted by molar-refractivity contribution is 9.10. The molecule has 30 heavy (non-hydrogen) atoms. The highest BCUT2D eigenvalue weighted by Crippen LogP contribution is 2.45. The molecular formula is C24H24BrNO4. The topological polar surface area (TPSA) is 68.7 Å². The summed E-state index contributed by atoms with van der Waals surface area (Å²) in [4.78, 5) is 16.6. The molecule has 0 fully saturated rings. The Morgan fingerprint density at radius 1 is 1.10 bits per heavy atom. The number of methoxy groups -OCH3 is 1. The predicted octanol–water partition coefficient (Wildman–Crippen LogP) is 6.09. The number of hydrogen-bond acceptors (Lipinski definition) is 4. The van der Waals surface area contributed by atoms with Crippen molar-refractivity contribution in [3.8, 4) is 22.8 Å². The van der Waals surface area contributed by atoms with Crippen molar-refractivity contribution in [3.05, 3.63) is 75.9 Å². The SMILES string of the molecule is COc1c(C(C)(C)C)cc(-c2cccnc2OCc2ccccc2)c(C(=O)O)c1Br. The second kappa shape index (κ2) is 8.88. The number of ether oxygens (including phenoxy) is 2. The molecule has 0 aliphatic rings. The summed E-state index contributed by atoms with van der Waals surface area (Å²) in [5.41, 5.74) is 2.86. The molecule has 0 aliphatic heterocycles. The van der Waals surface area contributed by atoms with Gasteiger partial charge >= 0.3 is 5.97 Å². The van der Waals surface area contributed by atoms with Gasteiger partial charge in [-0.3, -0.25) is 0 Å². The van der Waals surface area contributed by atoms with Gasteiger partial charge < -0.3 is 14.6 Å². The summed E-state index contributed by atoms with van der Waals surface area (Å²) in [6, 6.07) is 15.2. The molecule has 0 bridgehead atoms. The molecule has 0 amide bonds. The minimum Gasteiger partial charge on any atom is -0.495 e. The third-order valence-electron chi connectivity index (χ3n) is 4.73. The number of benzene rings is 2. The van der Waals surface area contributed by atoms with Crippen molar-refractivity contribution in [2.24, 2.45) is 0 Å². The number of hydrogen-bond donors (Lipinski definition) is 1. The summed E-state index contributed by atoms with van der Waals surface area (Å²) in [7, 11) is 1.54. The highest BCUT2D eigenvalue weighted by atomic mass is 79.9. The first-order valence-electron chi connectivity index (χ1n) is 9.50. The molecule has 3 rings (SSSR count). The van der Waals surface area contributed by atoms with Crippen molar-refractivity contribution in [1.29, 1.82) is 0 Å². The molecule has 1 heterocycles. The Morgan fingerprint density at radius 3 is 2.40 bits per heavy atom. The molecule has 0 unspecified atom stereocenters. The summed E-state index contributed by atoms with van der Waals surface area (Å²) in [5, 5.41) is 9.97. The van der Waals surface area contributed by atoms with Crippen molar-refractivity contribution in [3.63, 3.8) is 0 Å². The first-order valence-corrected chi connectivity index (χ1v) is 10.3. The molecule has 2 aromatic carbocycles. The fourth-order valence-electron chi connectivity index (χ4n) is 3.25.